The van der Waals surface area contributed by atoms with Gasteiger partial charge in [-0.05, 0) is 24.3 Å². The summed E-state index contributed by atoms with van der Waals surface area (Å²) in [6.07, 6.45) is -4.87. The van der Waals surface area contributed by atoms with Crippen LogP contribution < -0.4 is 14.9 Å². The van der Waals surface area contributed by atoms with Gasteiger partial charge in [0.05, 0.1) is 16.0 Å². The highest BCUT2D eigenvalue weighted by Crippen LogP contribution is 2.58. The molecule has 2 atom stereocenters. The zero-order valence-corrected chi connectivity index (χ0v) is 18.3. The average Bonchev–Trinajstić information content (AvgIpc) is 3.13. The molecule has 2 aliphatic rings. The summed E-state index contributed by atoms with van der Waals surface area (Å²) < 4.78 is 44.7. The van der Waals surface area contributed by atoms with Gasteiger partial charge in [0, 0.05) is 34.2 Å². The lowest BCUT2D eigenvalue weighted by Gasteiger charge is -2.44. The van der Waals surface area contributed by atoms with Crippen molar-refractivity contribution in [3.63, 3.8) is 0 Å². The van der Waals surface area contributed by atoms with Crippen LogP contribution in [-0.2, 0) is 15.8 Å². The Balaban J connectivity index is 1.52. The third kappa shape index (κ3) is 3.74. The normalized spacial score (nSPS) is 21.4. The van der Waals surface area contributed by atoms with Crippen LogP contribution in [0, 0.1) is 5.41 Å². The molecule has 0 spiro atoms. The van der Waals surface area contributed by atoms with E-state index in [0.717, 1.165) is 23.5 Å². The second-order valence-corrected chi connectivity index (χ2v) is 9.82. The second kappa shape index (κ2) is 7.77. The molecule has 6 nitrogen and oxygen atoms in total. The van der Waals surface area contributed by atoms with E-state index in [0.29, 0.717) is 21.2 Å². The molecule has 0 bridgehead atoms. The quantitative estimate of drug-likeness (QED) is 0.411. The summed E-state index contributed by atoms with van der Waals surface area (Å²) in [6, 6.07) is 11.2. The molecule has 0 unspecified atom stereocenters. The number of benzene rings is 2. The monoisotopic (exact) mass is 492 g/mol. The van der Waals surface area contributed by atoms with E-state index in [1.54, 1.807) is 24.3 Å². The number of carbonyl (C=O) groups excluding carboxylic acids is 2. The Hall–Kier alpha value is -3.05. The molecular formula is C22H15F3N2O4S2. The standard InChI is InChI=1S/C22H15F3N2O4S2/c23-22(24,25)11-4-3-5-12(8-11)26-15(28)9-21-10-32-18-17(33-20(30)27-18)16(21)13-6-1-2-7-14(13)31-19(21)29/h1-8,16H,9-10H2,(H,26,28)(H,27,30)/t16-,21-/m1/s1. The van der Waals surface area contributed by atoms with E-state index in [4.69, 9.17) is 4.74 Å². The van der Waals surface area contributed by atoms with Gasteiger partial charge in [-0.15, -0.1) is 11.8 Å². The molecule has 0 aliphatic carbocycles. The Bertz CT molecular complexity index is 1330. The van der Waals surface area contributed by atoms with Crippen molar-refractivity contribution in [2.45, 2.75) is 23.5 Å². The number of halogens is 3. The van der Waals surface area contributed by atoms with Gasteiger partial charge in [0.25, 0.3) is 0 Å². The fourth-order valence-electron chi connectivity index (χ4n) is 4.28. The van der Waals surface area contributed by atoms with Gasteiger partial charge in [-0.1, -0.05) is 35.6 Å². The average molecular weight is 493 g/mol. The van der Waals surface area contributed by atoms with Crippen LogP contribution in [0.3, 0.4) is 0 Å². The summed E-state index contributed by atoms with van der Waals surface area (Å²) >= 11 is 2.23. The molecule has 2 N–H and O–H groups in total. The van der Waals surface area contributed by atoms with Gasteiger partial charge < -0.3 is 15.0 Å². The van der Waals surface area contributed by atoms with Crippen LogP contribution in [0.15, 0.2) is 58.4 Å². The molecule has 1 aromatic heterocycles. The van der Waals surface area contributed by atoms with Crippen LogP contribution in [0.4, 0.5) is 18.9 Å². The van der Waals surface area contributed by atoms with Crippen molar-refractivity contribution >= 4 is 40.7 Å². The number of para-hydroxylation sites is 1. The third-order valence-corrected chi connectivity index (χ3v) is 8.07. The molecule has 0 saturated carbocycles. The summed E-state index contributed by atoms with van der Waals surface area (Å²) in [4.78, 5) is 41.5. The molecule has 5 rings (SSSR count). The van der Waals surface area contributed by atoms with Crippen molar-refractivity contribution in [3.8, 4) is 5.75 Å². The molecule has 2 aromatic carbocycles. The fourth-order valence-corrected chi connectivity index (χ4v) is 6.82. The van der Waals surface area contributed by atoms with Crippen LogP contribution in [-0.4, -0.2) is 22.6 Å². The summed E-state index contributed by atoms with van der Waals surface area (Å²) in [6.45, 7) is 0. The number of anilines is 1. The molecule has 3 heterocycles. The number of hydrogen-bond donors (Lipinski definition) is 2. The maximum absolute atomic E-state index is 13.3. The number of alkyl halides is 3. The Morgan fingerprint density at radius 2 is 1.97 bits per heavy atom. The number of nitrogens with one attached hydrogen (secondary N) is 2. The largest absolute Gasteiger partial charge is 0.426 e. The SMILES string of the molecule is O=C(C[C@@]12CSc3[nH]c(=O)sc3[C@H]1c1ccccc1OC2=O)Nc1cccc(C(F)(F)F)c1. The number of aromatic nitrogens is 1. The van der Waals surface area contributed by atoms with E-state index in [1.165, 1.54) is 23.9 Å². The second-order valence-electron chi connectivity index (χ2n) is 7.82. The highest BCUT2D eigenvalue weighted by molar-refractivity contribution is 7.99. The predicted octanol–water partition coefficient (Wildman–Crippen LogP) is 4.63. The first kappa shape index (κ1) is 21.8. The molecule has 0 fully saturated rings. The lowest BCUT2D eigenvalue weighted by molar-refractivity contribution is -0.149. The molecular weight excluding hydrogens is 477 g/mol. The fraction of sp³-hybridized carbons (Fsp3) is 0.227. The number of amides is 1. The number of aromatic amines is 1. The Morgan fingerprint density at radius 3 is 2.76 bits per heavy atom. The Labute approximate surface area is 193 Å². The van der Waals surface area contributed by atoms with Crippen molar-refractivity contribution < 1.29 is 27.5 Å². The molecule has 0 radical (unpaired) electrons. The minimum atomic E-state index is -4.55. The van der Waals surface area contributed by atoms with Crippen molar-refractivity contribution in [2.24, 2.45) is 5.41 Å². The number of H-pyrrole nitrogens is 1. The zero-order chi connectivity index (χ0) is 23.4. The van der Waals surface area contributed by atoms with Crippen molar-refractivity contribution in [1.29, 1.82) is 0 Å². The van der Waals surface area contributed by atoms with Crippen molar-refractivity contribution in [1.82, 2.24) is 4.98 Å². The van der Waals surface area contributed by atoms with Crippen LogP contribution in [0.25, 0.3) is 0 Å². The summed E-state index contributed by atoms with van der Waals surface area (Å²) in [7, 11) is 0. The number of esters is 1. The van der Waals surface area contributed by atoms with E-state index >= 15 is 0 Å². The van der Waals surface area contributed by atoms with E-state index in [2.05, 4.69) is 10.3 Å². The van der Waals surface area contributed by atoms with Gasteiger partial charge in [-0.3, -0.25) is 14.4 Å². The zero-order valence-electron chi connectivity index (χ0n) is 16.7. The number of thiazole rings is 1. The minimum Gasteiger partial charge on any atom is -0.426 e. The van der Waals surface area contributed by atoms with Gasteiger partial charge in [0.15, 0.2) is 0 Å². The van der Waals surface area contributed by atoms with E-state index in [9.17, 15) is 27.6 Å². The molecule has 0 saturated heterocycles. The van der Waals surface area contributed by atoms with E-state index in [-0.39, 0.29) is 22.7 Å². The highest BCUT2D eigenvalue weighted by atomic mass is 32.2. The van der Waals surface area contributed by atoms with Gasteiger partial charge in [-0.2, -0.15) is 13.2 Å². The third-order valence-electron chi connectivity index (χ3n) is 5.72. The van der Waals surface area contributed by atoms with Gasteiger partial charge in [0.1, 0.15) is 5.75 Å². The molecule has 1 amide bonds. The first-order valence-electron chi connectivity index (χ1n) is 9.81. The van der Waals surface area contributed by atoms with Gasteiger partial charge in [-0.25, -0.2) is 0 Å². The maximum atomic E-state index is 13.3. The van der Waals surface area contributed by atoms with E-state index in [1.807, 2.05) is 0 Å². The number of carbonyl (C=O) groups is 2. The van der Waals surface area contributed by atoms with Crippen LogP contribution in [0.2, 0.25) is 0 Å². The summed E-state index contributed by atoms with van der Waals surface area (Å²) in [5.74, 6) is -1.30. The van der Waals surface area contributed by atoms with Gasteiger partial charge in [0.2, 0.25) is 5.91 Å². The predicted molar refractivity (Wildman–Crippen MR) is 117 cm³/mol. The van der Waals surface area contributed by atoms with Crippen molar-refractivity contribution in [2.75, 3.05) is 11.1 Å². The Kier molecular flexibility index (Phi) is 5.13. The number of fused-ring (bicyclic) bond motifs is 5. The van der Waals surface area contributed by atoms with Gasteiger partial charge >= 0.3 is 17.0 Å². The summed E-state index contributed by atoms with van der Waals surface area (Å²) in [5.41, 5.74) is -1.55. The number of thioether (sulfide) groups is 1. The molecule has 2 aliphatic heterocycles. The maximum Gasteiger partial charge on any atom is 0.416 e. The number of rotatable bonds is 3. The molecule has 33 heavy (non-hydrogen) atoms. The lowest BCUT2D eigenvalue weighted by Crippen LogP contribution is -2.49. The number of ether oxygens (including phenoxy) is 1. The smallest absolute Gasteiger partial charge is 0.416 e. The summed E-state index contributed by atoms with van der Waals surface area (Å²) in [5, 5.41) is 3.13. The minimum absolute atomic E-state index is 0.0252. The molecule has 11 heteroatoms. The van der Waals surface area contributed by atoms with Crippen LogP contribution in [0.5, 0.6) is 5.75 Å². The molecule has 3 aromatic rings. The Morgan fingerprint density at radius 1 is 1.18 bits per heavy atom. The number of hydrogen-bond acceptors (Lipinski definition) is 6. The van der Waals surface area contributed by atoms with E-state index < -0.39 is 34.9 Å². The topological polar surface area (TPSA) is 88.3 Å². The van der Waals surface area contributed by atoms with Crippen LogP contribution >= 0.6 is 23.1 Å². The van der Waals surface area contributed by atoms with Crippen LogP contribution in [0.1, 0.15) is 28.3 Å². The molecule has 170 valence electrons. The van der Waals surface area contributed by atoms with Crippen molar-refractivity contribution in [3.05, 3.63) is 74.2 Å². The first-order chi connectivity index (χ1) is 15.7. The highest BCUT2D eigenvalue weighted by Gasteiger charge is 2.57. The first-order valence-corrected chi connectivity index (χ1v) is 11.6. The lowest BCUT2D eigenvalue weighted by atomic mass is 9.68.